The van der Waals surface area contributed by atoms with E-state index >= 15 is 0 Å². The van der Waals surface area contributed by atoms with Crippen molar-refractivity contribution in [3.05, 3.63) is 12.7 Å². The standard InChI is InChI=1S/C14H24O5/c1-5-6-14-8-17-10(7-9(2)15)11(16)12(14)18-13(3,4)19-14/h5,9-12,15-16H,1,6-8H2,2-4H3/t9?,10-,11-,12-,14+/m0/s1. The Labute approximate surface area is 114 Å². The van der Waals surface area contributed by atoms with Gasteiger partial charge in [0.15, 0.2) is 5.79 Å². The molecule has 1 unspecified atom stereocenters. The summed E-state index contributed by atoms with van der Waals surface area (Å²) in [7, 11) is 0. The fraction of sp³-hybridized carbons (Fsp3) is 0.857. The Balaban J connectivity index is 2.19. The van der Waals surface area contributed by atoms with Gasteiger partial charge in [0.05, 0.1) is 18.8 Å². The summed E-state index contributed by atoms with van der Waals surface area (Å²) in [6, 6.07) is 0. The zero-order valence-electron chi connectivity index (χ0n) is 11.8. The largest absolute Gasteiger partial charge is 0.393 e. The molecule has 0 aromatic carbocycles. The van der Waals surface area contributed by atoms with E-state index in [0.717, 1.165) is 0 Å². The number of fused-ring (bicyclic) bond motifs is 1. The van der Waals surface area contributed by atoms with Gasteiger partial charge in [0.25, 0.3) is 0 Å². The van der Waals surface area contributed by atoms with E-state index in [9.17, 15) is 10.2 Å². The summed E-state index contributed by atoms with van der Waals surface area (Å²) >= 11 is 0. The van der Waals surface area contributed by atoms with Crippen LogP contribution in [-0.2, 0) is 14.2 Å². The second kappa shape index (κ2) is 5.14. The second-order valence-corrected chi connectivity index (χ2v) is 6.02. The molecule has 0 aromatic rings. The Morgan fingerprint density at radius 2 is 2.16 bits per heavy atom. The molecule has 0 radical (unpaired) electrons. The predicted octanol–water partition coefficient (Wildman–Crippen LogP) is 0.983. The van der Waals surface area contributed by atoms with Crippen molar-refractivity contribution >= 4 is 0 Å². The van der Waals surface area contributed by atoms with E-state index in [-0.39, 0.29) is 0 Å². The van der Waals surface area contributed by atoms with Crippen LogP contribution in [0.1, 0.15) is 33.6 Å². The Hall–Kier alpha value is -0.460. The van der Waals surface area contributed by atoms with Crippen LogP contribution < -0.4 is 0 Å². The molecule has 0 amide bonds. The van der Waals surface area contributed by atoms with Gasteiger partial charge in [-0.1, -0.05) is 6.08 Å². The molecule has 2 saturated heterocycles. The van der Waals surface area contributed by atoms with Crippen molar-refractivity contribution in [2.24, 2.45) is 0 Å². The number of rotatable bonds is 4. The minimum Gasteiger partial charge on any atom is -0.393 e. The maximum absolute atomic E-state index is 10.4. The highest BCUT2D eigenvalue weighted by Crippen LogP contribution is 2.44. The first kappa shape index (κ1) is 14.9. The topological polar surface area (TPSA) is 68.2 Å². The maximum atomic E-state index is 10.4. The molecular weight excluding hydrogens is 248 g/mol. The average Bonchev–Trinajstić information content (AvgIpc) is 2.55. The molecule has 2 aliphatic rings. The molecule has 0 spiro atoms. The number of hydrogen-bond donors (Lipinski definition) is 2. The molecule has 0 aliphatic carbocycles. The smallest absolute Gasteiger partial charge is 0.164 e. The third-order valence-corrected chi connectivity index (χ3v) is 3.67. The normalized spacial score (nSPS) is 42.7. The van der Waals surface area contributed by atoms with Crippen molar-refractivity contribution in [1.29, 1.82) is 0 Å². The Bertz CT molecular complexity index is 341. The van der Waals surface area contributed by atoms with Crippen LogP contribution >= 0.6 is 0 Å². The number of aliphatic hydroxyl groups is 2. The highest BCUT2D eigenvalue weighted by molar-refractivity contribution is 5.07. The second-order valence-electron chi connectivity index (χ2n) is 6.02. The average molecular weight is 272 g/mol. The van der Waals surface area contributed by atoms with Crippen molar-refractivity contribution in [2.75, 3.05) is 6.61 Å². The summed E-state index contributed by atoms with van der Waals surface area (Å²) in [5.41, 5.74) is -0.681. The predicted molar refractivity (Wildman–Crippen MR) is 69.6 cm³/mol. The lowest BCUT2D eigenvalue weighted by Gasteiger charge is -2.42. The van der Waals surface area contributed by atoms with E-state index in [1.54, 1.807) is 13.0 Å². The first-order chi connectivity index (χ1) is 8.80. The monoisotopic (exact) mass is 272 g/mol. The van der Waals surface area contributed by atoms with E-state index in [2.05, 4.69) is 6.58 Å². The molecule has 2 rings (SSSR count). The first-order valence-electron chi connectivity index (χ1n) is 6.76. The fourth-order valence-corrected chi connectivity index (χ4v) is 3.02. The molecule has 19 heavy (non-hydrogen) atoms. The van der Waals surface area contributed by atoms with Crippen molar-refractivity contribution in [3.63, 3.8) is 0 Å². The maximum Gasteiger partial charge on any atom is 0.164 e. The van der Waals surface area contributed by atoms with E-state index in [1.807, 2.05) is 13.8 Å². The summed E-state index contributed by atoms with van der Waals surface area (Å²) in [6.07, 6.45) is 0.457. The minimum atomic E-state index is -0.815. The van der Waals surface area contributed by atoms with Gasteiger partial charge in [-0.25, -0.2) is 0 Å². The zero-order valence-corrected chi connectivity index (χ0v) is 11.8. The molecule has 5 nitrogen and oxygen atoms in total. The van der Waals surface area contributed by atoms with E-state index in [1.165, 1.54) is 0 Å². The number of ether oxygens (including phenoxy) is 3. The molecule has 2 heterocycles. The van der Waals surface area contributed by atoms with Crippen LogP contribution in [0.5, 0.6) is 0 Å². The van der Waals surface area contributed by atoms with Gasteiger partial charge in [0, 0.05) is 6.42 Å². The summed E-state index contributed by atoms with van der Waals surface area (Å²) < 4.78 is 17.5. The molecule has 0 saturated carbocycles. The Kier molecular flexibility index (Phi) is 4.05. The Morgan fingerprint density at radius 1 is 1.47 bits per heavy atom. The van der Waals surface area contributed by atoms with Gasteiger partial charge in [-0.2, -0.15) is 0 Å². The van der Waals surface area contributed by atoms with Gasteiger partial charge in [0.1, 0.15) is 17.8 Å². The van der Waals surface area contributed by atoms with Crippen molar-refractivity contribution < 1.29 is 24.4 Å². The van der Waals surface area contributed by atoms with Crippen LogP contribution in [0, 0.1) is 0 Å². The van der Waals surface area contributed by atoms with Crippen LogP contribution in [0.25, 0.3) is 0 Å². The molecular formula is C14H24O5. The summed E-state index contributed by atoms with van der Waals surface area (Å²) in [5.74, 6) is -0.752. The van der Waals surface area contributed by atoms with Crippen molar-refractivity contribution in [2.45, 2.75) is 69.4 Å². The minimum absolute atomic E-state index is 0.335. The quantitative estimate of drug-likeness (QED) is 0.747. The lowest BCUT2D eigenvalue weighted by Crippen LogP contribution is -2.59. The van der Waals surface area contributed by atoms with Crippen molar-refractivity contribution in [3.8, 4) is 0 Å². The molecule has 5 heteroatoms. The highest BCUT2D eigenvalue weighted by Gasteiger charge is 2.59. The van der Waals surface area contributed by atoms with Gasteiger partial charge >= 0.3 is 0 Å². The van der Waals surface area contributed by atoms with Crippen LogP contribution in [0.3, 0.4) is 0 Å². The van der Waals surface area contributed by atoms with Crippen LogP contribution in [0.15, 0.2) is 12.7 Å². The molecule has 0 aromatic heterocycles. The van der Waals surface area contributed by atoms with Gasteiger partial charge in [0.2, 0.25) is 0 Å². The summed E-state index contributed by atoms with van der Waals surface area (Å²) in [6.45, 7) is 9.40. The molecule has 110 valence electrons. The summed E-state index contributed by atoms with van der Waals surface area (Å²) in [5, 5.41) is 19.9. The van der Waals surface area contributed by atoms with E-state index < -0.39 is 35.8 Å². The summed E-state index contributed by atoms with van der Waals surface area (Å²) in [4.78, 5) is 0. The molecule has 2 fully saturated rings. The SMILES string of the molecule is C=CC[C@@]12CO[C@@H](CC(C)O)[C@H](O)[C@@H]1OC(C)(C)O2. The lowest BCUT2D eigenvalue weighted by molar-refractivity contribution is -0.197. The highest BCUT2D eigenvalue weighted by atomic mass is 16.8. The third kappa shape index (κ3) is 2.85. The molecule has 2 aliphatic heterocycles. The third-order valence-electron chi connectivity index (χ3n) is 3.67. The number of hydrogen-bond acceptors (Lipinski definition) is 5. The van der Waals surface area contributed by atoms with Gasteiger partial charge in [-0.15, -0.1) is 6.58 Å². The van der Waals surface area contributed by atoms with Gasteiger partial charge < -0.3 is 24.4 Å². The molecule has 0 bridgehead atoms. The Morgan fingerprint density at radius 3 is 2.74 bits per heavy atom. The van der Waals surface area contributed by atoms with Crippen LogP contribution in [-0.4, -0.2) is 52.6 Å². The molecule has 5 atom stereocenters. The van der Waals surface area contributed by atoms with Crippen LogP contribution in [0.2, 0.25) is 0 Å². The van der Waals surface area contributed by atoms with Crippen LogP contribution in [0.4, 0.5) is 0 Å². The fourth-order valence-electron chi connectivity index (χ4n) is 3.02. The lowest BCUT2D eigenvalue weighted by atomic mass is 9.84. The first-order valence-corrected chi connectivity index (χ1v) is 6.76. The molecule has 2 N–H and O–H groups in total. The van der Waals surface area contributed by atoms with E-state index in [4.69, 9.17) is 14.2 Å². The van der Waals surface area contributed by atoms with E-state index in [0.29, 0.717) is 19.4 Å². The number of aliphatic hydroxyl groups excluding tert-OH is 2. The van der Waals surface area contributed by atoms with Crippen molar-refractivity contribution in [1.82, 2.24) is 0 Å². The van der Waals surface area contributed by atoms with Gasteiger partial charge in [-0.3, -0.25) is 0 Å². The zero-order chi connectivity index (χ0) is 14.3. The van der Waals surface area contributed by atoms with Gasteiger partial charge in [-0.05, 0) is 27.2 Å².